The van der Waals surface area contributed by atoms with Gasteiger partial charge in [0.2, 0.25) is 0 Å². The number of nitrogens with one attached hydrogen (secondary N) is 1. The van der Waals surface area contributed by atoms with Crippen LogP contribution in [0.15, 0.2) is 24.4 Å². The van der Waals surface area contributed by atoms with Gasteiger partial charge < -0.3 is 4.98 Å². The molecule has 3 nitrogen and oxygen atoms in total. The summed E-state index contributed by atoms with van der Waals surface area (Å²) in [6.07, 6.45) is 1.89. The third-order valence-electron chi connectivity index (χ3n) is 3.00. The standard InChI is InChI=1S/C14H15N3/c1-8(2)14-16-11-5-4-10-6-9(3)7-15-12(10)13(11)17-14/h4-8H,1-3H3,(H,16,17). The van der Waals surface area contributed by atoms with E-state index in [2.05, 4.69) is 53.9 Å². The molecule has 0 aliphatic rings. The Morgan fingerprint density at radius 3 is 2.76 bits per heavy atom. The Kier molecular flexibility index (Phi) is 2.15. The highest BCUT2D eigenvalue weighted by Gasteiger charge is 2.09. The Bertz CT molecular complexity index is 695. The van der Waals surface area contributed by atoms with Gasteiger partial charge >= 0.3 is 0 Å². The Morgan fingerprint density at radius 1 is 1.18 bits per heavy atom. The molecule has 0 bridgehead atoms. The smallest absolute Gasteiger partial charge is 0.115 e. The van der Waals surface area contributed by atoms with E-state index >= 15 is 0 Å². The van der Waals surface area contributed by atoms with Crippen LogP contribution in [-0.2, 0) is 0 Å². The third-order valence-corrected chi connectivity index (χ3v) is 3.00. The van der Waals surface area contributed by atoms with E-state index in [1.165, 1.54) is 5.56 Å². The second-order valence-corrected chi connectivity index (χ2v) is 4.82. The Balaban J connectivity index is 2.38. The van der Waals surface area contributed by atoms with E-state index in [1.54, 1.807) is 0 Å². The molecule has 3 aromatic rings. The highest BCUT2D eigenvalue weighted by Crippen LogP contribution is 2.24. The molecule has 0 aliphatic heterocycles. The topological polar surface area (TPSA) is 41.6 Å². The highest BCUT2D eigenvalue weighted by molar-refractivity contribution is 6.01. The minimum absolute atomic E-state index is 0.405. The zero-order chi connectivity index (χ0) is 12.0. The van der Waals surface area contributed by atoms with E-state index < -0.39 is 0 Å². The summed E-state index contributed by atoms with van der Waals surface area (Å²) in [4.78, 5) is 12.5. The van der Waals surface area contributed by atoms with Gasteiger partial charge in [0, 0.05) is 17.5 Å². The summed E-state index contributed by atoms with van der Waals surface area (Å²) in [7, 11) is 0. The molecule has 1 N–H and O–H groups in total. The molecule has 0 spiro atoms. The molecular weight excluding hydrogens is 210 g/mol. The number of hydrogen-bond donors (Lipinski definition) is 1. The normalized spacial score (nSPS) is 11.8. The van der Waals surface area contributed by atoms with Crippen LogP contribution in [0.1, 0.15) is 31.2 Å². The van der Waals surface area contributed by atoms with E-state index in [0.717, 1.165) is 27.8 Å². The molecule has 0 saturated heterocycles. The van der Waals surface area contributed by atoms with Gasteiger partial charge in [0.25, 0.3) is 0 Å². The first-order valence-electron chi connectivity index (χ1n) is 5.90. The van der Waals surface area contributed by atoms with Gasteiger partial charge in [-0.25, -0.2) is 4.98 Å². The average Bonchev–Trinajstić information content (AvgIpc) is 2.72. The molecule has 2 aromatic heterocycles. The summed E-state index contributed by atoms with van der Waals surface area (Å²) in [5, 5.41) is 1.15. The molecule has 0 fully saturated rings. The summed E-state index contributed by atoms with van der Waals surface area (Å²) >= 11 is 0. The number of rotatable bonds is 1. The second-order valence-electron chi connectivity index (χ2n) is 4.82. The summed E-state index contributed by atoms with van der Waals surface area (Å²) in [5.41, 5.74) is 4.21. The van der Waals surface area contributed by atoms with E-state index in [1.807, 2.05) is 6.20 Å². The molecule has 0 amide bonds. The number of hydrogen-bond acceptors (Lipinski definition) is 2. The SMILES string of the molecule is Cc1cnc2c(ccc3[nH]c(C(C)C)nc32)c1. The maximum atomic E-state index is 4.65. The molecule has 17 heavy (non-hydrogen) atoms. The maximum absolute atomic E-state index is 4.65. The largest absolute Gasteiger partial charge is 0.342 e. The third kappa shape index (κ3) is 1.58. The molecule has 3 heteroatoms. The fraction of sp³-hybridized carbons (Fsp3) is 0.286. The van der Waals surface area contributed by atoms with Gasteiger partial charge in [0.15, 0.2) is 0 Å². The van der Waals surface area contributed by atoms with Gasteiger partial charge in [0.05, 0.1) is 11.0 Å². The zero-order valence-electron chi connectivity index (χ0n) is 10.3. The minimum atomic E-state index is 0.405. The Morgan fingerprint density at radius 2 is 2.00 bits per heavy atom. The summed E-state index contributed by atoms with van der Waals surface area (Å²) < 4.78 is 0. The molecule has 0 aliphatic carbocycles. The van der Waals surface area contributed by atoms with Crippen LogP contribution in [0.5, 0.6) is 0 Å². The fourth-order valence-corrected chi connectivity index (χ4v) is 2.07. The molecule has 2 heterocycles. The van der Waals surface area contributed by atoms with Crippen LogP contribution >= 0.6 is 0 Å². The van der Waals surface area contributed by atoms with Crippen LogP contribution in [-0.4, -0.2) is 15.0 Å². The summed E-state index contributed by atoms with van der Waals surface area (Å²) in [6, 6.07) is 6.32. The minimum Gasteiger partial charge on any atom is -0.342 e. The van der Waals surface area contributed by atoms with Crippen LogP contribution < -0.4 is 0 Å². The van der Waals surface area contributed by atoms with Gasteiger partial charge in [-0.1, -0.05) is 19.9 Å². The van der Waals surface area contributed by atoms with Crippen LogP contribution in [0.4, 0.5) is 0 Å². The Labute approximate surface area is 99.9 Å². The quantitative estimate of drug-likeness (QED) is 0.688. The lowest BCUT2D eigenvalue weighted by Gasteiger charge is -1.98. The predicted molar refractivity (Wildman–Crippen MR) is 70.2 cm³/mol. The van der Waals surface area contributed by atoms with Crippen LogP contribution in [0, 0.1) is 6.92 Å². The number of benzene rings is 1. The lowest BCUT2D eigenvalue weighted by Crippen LogP contribution is -1.88. The number of aromatic nitrogens is 3. The van der Waals surface area contributed by atoms with E-state index in [0.29, 0.717) is 5.92 Å². The van der Waals surface area contributed by atoms with Crippen molar-refractivity contribution in [1.29, 1.82) is 0 Å². The van der Waals surface area contributed by atoms with Crippen molar-refractivity contribution in [2.45, 2.75) is 26.7 Å². The molecular formula is C14H15N3. The number of H-pyrrole nitrogens is 1. The molecule has 0 radical (unpaired) electrons. The van der Waals surface area contributed by atoms with Crippen molar-refractivity contribution in [2.75, 3.05) is 0 Å². The van der Waals surface area contributed by atoms with Crippen molar-refractivity contribution in [1.82, 2.24) is 15.0 Å². The van der Waals surface area contributed by atoms with Crippen LogP contribution in [0.25, 0.3) is 21.9 Å². The van der Waals surface area contributed by atoms with Crippen molar-refractivity contribution < 1.29 is 0 Å². The predicted octanol–water partition coefficient (Wildman–Crippen LogP) is 3.54. The van der Waals surface area contributed by atoms with Gasteiger partial charge in [-0.3, -0.25) is 4.98 Å². The van der Waals surface area contributed by atoms with Crippen LogP contribution in [0.2, 0.25) is 0 Å². The molecule has 0 saturated carbocycles. The lowest BCUT2D eigenvalue weighted by atomic mass is 10.1. The highest BCUT2D eigenvalue weighted by atomic mass is 14.9. The zero-order valence-corrected chi connectivity index (χ0v) is 10.3. The lowest BCUT2D eigenvalue weighted by molar-refractivity contribution is 0.799. The summed E-state index contributed by atoms with van der Waals surface area (Å²) in [5.74, 6) is 1.43. The summed E-state index contributed by atoms with van der Waals surface area (Å²) in [6.45, 7) is 6.33. The molecule has 0 unspecified atom stereocenters. The number of aryl methyl sites for hydroxylation is 1. The van der Waals surface area contributed by atoms with Crippen LogP contribution in [0.3, 0.4) is 0 Å². The molecule has 1 aromatic carbocycles. The Hall–Kier alpha value is -1.90. The molecule has 86 valence electrons. The van der Waals surface area contributed by atoms with Gasteiger partial charge in [-0.05, 0) is 24.6 Å². The number of aromatic amines is 1. The number of imidazole rings is 1. The maximum Gasteiger partial charge on any atom is 0.115 e. The van der Waals surface area contributed by atoms with E-state index in [4.69, 9.17) is 0 Å². The van der Waals surface area contributed by atoms with Crippen molar-refractivity contribution in [3.63, 3.8) is 0 Å². The van der Waals surface area contributed by atoms with Gasteiger partial charge in [-0.2, -0.15) is 0 Å². The monoisotopic (exact) mass is 225 g/mol. The van der Waals surface area contributed by atoms with E-state index in [-0.39, 0.29) is 0 Å². The van der Waals surface area contributed by atoms with Crippen molar-refractivity contribution >= 4 is 21.9 Å². The van der Waals surface area contributed by atoms with Crippen molar-refractivity contribution in [2.24, 2.45) is 0 Å². The van der Waals surface area contributed by atoms with Crippen molar-refractivity contribution in [3.8, 4) is 0 Å². The molecule has 0 atom stereocenters. The van der Waals surface area contributed by atoms with Gasteiger partial charge in [0.1, 0.15) is 11.3 Å². The number of pyridine rings is 1. The second kappa shape index (κ2) is 3.55. The first kappa shape index (κ1) is 10.3. The average molecular weight is 225 g/mol. The number of nitrogens with zero attached hydrogens (tertiary/aromatic N) is 2. The van der Waals surface area contributed by atoms with E-state index in [9.17, 15) is 0 Å². The first-order valence-corrected chi connectivity index (χ1v) is 5.90. The fourth-order valence-electron chi connectivity index (χ4n) is 2.07. The van der Waals surface area contributed by atoms with Gasteiger partial charge in [-0.15, -0.1) is 0 Å². The molecule has 3 rings (SSSR count). The van der Waals surface area contributed by atoms with Crippen molar-refractivity contribution in [3.05, 3.63) is 35.8 Å². The first-order chi connectivity index (χ1) is 8.15. The number of fused-ring (bicyclic) bond motifs is 3.